The molecule has 0 unspecified atom stereocenters. The molecule has 5 aromatic rings. The van der Waals surface area contributed by atoms with Crippen LogP contribution in [-0.4, -0.2) is 27.3 Å². The molecule has 5 nitrogen and oxygen atoms in total. The Balaban J connectivity index is 1.31. The van der Waals surface area contributed by atoms with E-state index in [9.17, 15) is 14.0 Å². The van der Waals surface area contributed by atoms with Gasteiger partial charge in [0, 0.05) is 58.1 Å². The Morgan fingerprint density at radius 3 is 2.47 bits per heavy atom. The molecule has 1 fully saturated rings. The molecule has 6 heteroatoms. The Labute approximate surface area is 220 Å². The Morgan fingerprint density at radius 1 is 0.974 bits per heavy atom. The summed E-state index contributed by atoms with van der Waals surface area (Å²) in [6, 6.07) is 24.5. The average molecular weight is 504 g/mol. The number of nitrogens with zero attached hydrogens (tertiary/aromatic N) is 2. The SMILES string of the molecule is Cc1c(F)cc(C(=O)NC2CC2)cc1-c1ccc(C(=O)c2cn(Cc3ccccc3)c3ccccc23)cn1. The number of hydrogen-bond donors (Lipinski definition) is 1. The summed E-state index contributed by atoms with van der Waals surface area (Å²) in [5.41, 5.74) is 4.89. The van der Waals surface area contributed by atoms with Crippen LogP contribution in [0.1, 0.15) is 50.2 Å². The molecule has 2 heterocycles. The number of nitrogens with one attached hydrogen (secondary N) is 1. The van der Waals surface area contributed by atoms with E-state index < -0.39 is 5.82 Å². The number of para-hydroxylation sites is 1. The van der Waals surface area contributed by atoms with Gasteiger partial charge in [0.05, 0.1) is 5.69 Å². The fourth-order valence-electron chi connectivity index (χ4n) is 4.75. The molecule has 0 spiro atoms. The van der Waals surface area contributed by atoms with Gasteiger partial charge < -0.3 is 9.88 Å². The van der Waals surface area contributed by atoms with E-state index in [1.165, 1.54) is 12.3 Å². The zero-order valence-electron chi connectivity index (χ0n) is 20.9. The quantitative estimate of drug-likeness (QED) is 0.264. The van der Waals surface area contributed by atoms with Crippen molar-refractivity contribution in [3.63, 3.8) is 0 Å². The van der Waals surface area contributed by atoms with Crippen molar-refractivity contribution in [1.29, 1.82) is 0 Å². The Kier molecular flexibility index (Phi) is 6.08. The number of carbonyl (C=O) groups is 2. The van der Waals surface area contributed by atoms with Crippen molar-refractivity contribution in [1.82, 2.24) is 14.9 Å². The Morgan fingerprint density at radius 2 is 1.74 bits per heavy atom. The van der Waals surface area contributed by atoms with Crippen molar-refractivity contribution in [2.75, 3.05) is 0 Å². The van der Waals surface area contributed by atoms with Crippen LogP contribution < -0.4 is 5.32 Å². The van der Waals surface area contributed by atoms with Gasteiger partial charge in [-0.2, -0.15) is 0 Å². The van der Waals surface area contributed by atoms with Gasteiger partial charge in [0.2, 0.25) is 0 Å². The number of fused-ring (bicyclic) bond motifs is 1. The highest BCUT2D eigenvalue weighted by atomic mass is 19.1. The number of ketones is 1. The number of halogens is 1. The van der Waals surface area contributed by atoms with Crippen LogP contribution in [0.5, 0.6) is 0 Å². The van der Waals surface area contributed by atoms with E-state index in [1.807, 2.05) is 48.7 Å². The number of hydrogen-bond acceptors (Lipinski definition) is 3. The van der Waals surface area contributed by atoms with Gasteiger partial charge in [-0.15, -0.1) is 0 Å². The maximum atomic E-state index is 14.7. The molecule has 1 amide bonds. The summed E-state index contributed by atoms with van der Waals surface area (Å²) in [4.78, 5) is 30.6. The van der Waals surface area contributed by atoms with E-state index >= 15 is 0 Å². The highest BCUT2D eigenvalue weighted by Gasteiger charge is 2.25. The lowest BCUT2D eigenvalue weighted by Crippen LogP contribution is -2.25. The van der Waals surface area contributed by atoms with E-state index in [1.54, 1.807) is 25.1 Å². The molecule has 2 aromatic heterocycles. The summed E-state index contributed by atoms with van der Waals surface area (Å²) >= 11 is 0. The van der Waals surface area contributed by atoms with Gasteiger partial charge in [0.15, 0.2) is 5.78 Å². The standard InChI is InChI=1S/C32H26FN3O2/c1-20-26(15-23(16-28(20)33)32(38)35-24-12-13-24)29-14-11-22(17-34-29)31(37)27-19-36(18-21-7-3-2-4-8-21)30-10-6-5-9-25(27)30/h2-11,14-17,19,24H,12-13,18H2,1H3,(H,35,38). The van der Waals surface area contributed by atoms with E-state index in [0.717, 1.165) is 29.3 Å². The van der Waals surface area contributed by atoms with E-state index in [-0.39, 0.29) is 23.3 Å². The summed E-state index contributed by atoms with van der Waals surface area (Å²) in [7, 11) is 0. The minimum Gasteiger partial charge on any atom is -0.349 e. The predicted molar refractivity (Wildman–Crippen MR) is 146 cm³/mol. The summed E-state index contributed by atoms with van der Waals surface area (Å²) < 4.78 is 16.8. The van der Waals surface area contributed by atoms with Crippen molar-refractivity contribution < 1.29 is 14.0 Å². The maximum absolute atomic E-state index is 14.7. The molecule has 0 saturated heterocycles. The zero-order valence-corrected chi connectivity index (χ0v) is 20.9. The highest BCUT2D eigenvalue weighted by Crippen LogP contribution is 2.28. The number of benzene rings is 3. The van der Waals surface area contributed by atoms with E-state index in [0.29, 0.717) is 34.5 Å². The molecule has 3 aromatic carbocycles. The second kappa shape index (κ2) is 9.71. The summed E-state index contributed by atoms with van der Waals surface area (Å²) in [5, 5.41) is 3.78. The first-order valence-corrected chi connectivity index (χ1v) is 12.7. The molecule has 1 aliphatic rings. The number of aromatic nitrogens is 2. The molecule has 0 radical (unpaired) electrons. The van der Waals surface area contributed by atoms with Crippen LogP contribution >= 0.6 is 0 Å². The van der Waals surface area contributed by atoms with Gasteiger partial charge in [-0.3, -0.25) is 14.6 Å². The van der Waals surface area contributed by atoms with Crippen LogP contribution in [0.15, 0.2) is 91.3 Å². The first kappa shape index (κ1) is 23.8. The maximum Gasteiger partial charge on any atom is 0.251 e. The molecule has 188 valence electrons. The molecule has 6 rings (SSSR count). The van der Waals surface area contributed by atoms with Crippen molar-refractivity contribution in [2.45, 2.75) is 32.4 Å². The molecule has 0 bridgehead atoms. The lowest BCUT2D eigenvalue weighted by atomic mass is 9.99. The first-order valence-electron chi connectivity index (χ1n) is 12.7. The van der Waals surface area contributed by atoms with Gasteiger partial charge in [-0.05, 0) is 61.2 Å². The number of carbonyl (C=O) groups excluding carboxylic acids is 2. The molecule has 38 heavy (non-hydrogen) atoms. The van der Waals surface area contributed by atoms with Crippen molar-refractivity contribution in [2.24, 2.45) is 0 Å². The summed E-state index contributed by atoms with van der Waals surface area (Å²) in [6.07, 6.45) is 5.33. The number of amides is 1. The molecule has 1 N–H and O–H groups in total. The fraction of sp³-hybridized carbons (Fsp3) is 0.156. The minimum absolute atomic E-state index is 0.132. The van der Waals surface area contributed by atoms with Gasteiger partial charge in [-0.1, -0.05) is 48.5 Å². The Bertz CT molecular complexity index is 1670. The van der Waals surface area contributed by atoms with Crippen LogP contribution in [0.3, 0.4) is 0 Å². The van der Waals surface area contributed by atoms with E-state index in [2.05, 4.69) is 27.0 Å². The third kappa shape index (κ3) is 4.61. The topological polar surface area (TPSA) is 64.0 Å². The lowest BCUT2D eigenvalue weighted by molar-refractivity contribution is 0.0950. The van der Waals surface area contributed by atoms with Crippen molar-refractivity contribution in [3.05, 3.63) is 125 Å². The summed E-state index contributed by atoms with van der Waals surface area (Å²) in [6.45, 7) is 2.32. The summed E-state index contributed by atoms with van der Waals surface area (Å²) in [5.74, 6) is -0.879. The monoisotopic (exact) mass is 503 g/mol. The zero-order chi connectivity index (χ0) is 26.2. The van der Waals surface area contributed by atoms with Gasteiger partial charge in [0.25, 0.3) is 5.91 Å². The average Bonchev–Trinajstić information content (AvgIpc) is 3.69. The van der Waals surface area contributed by atoms with Crippen LogP contribution in [-0.2, 0) is 6.54 Å². The molecule has 1 aliphatic carbocycles. The van der Waals surface area contributed by atoms with Gasteiger partial charge in [0.1, 0.15) is 5.82 Å². The number of pyridine rings is 1. The normalized spacial score (nSPS) is 13.0. The third-order valence-corrected chi connectivity index (χ3v) is 7.05. The second-order valence-electron chi connectivity index (χ2n) is 9.81. The second-order valence-corrected chi connectivity index (χ2v) is 9.81. The largest absolute Gasteiger partial charge is 0.349 e. The third-order valence-electron chi connectivity index (χ3n) is 7.05. The highest BCUT2D eigenvalue weighted by molar-refractivity contribution is 6.16. The minimum atomic E-state index is -0.461. The molecular weight excluding hydrogens is 477 g/mol. The number of rotatable bonds is 7. The van der Waals surface area contributed by atoms with Crippen LogP contribution in [0.2, 0.25) is 0 Å². The predicted octanol–water partition coefficient (Wildman–Crippen LogP) is 6.32. The smallest absolute Gasteiger partial charge is 0.251 e. The Hall–Kier alpha value is -4.58. The molecule has 0 atom stereocenters. The lowest BCUT2D eigenvalue weighted by Gasteiger charge is -2.11. The fourth-order valence-corrected chi connectivity index (χ4v) is 4.75. The van der Waals surface area contributed by atoms with Crippen LogP contribution in [0.4, 0.5) is 4.39 Å². The van der Waals surface area contributed by atoms with Crippen molar-refractivity contribution in [3.8, 4) is 11.3 Å². The first-order chi connectivity index (χ1) is 18.5. The molecule has 1 saturated carbocycles. The molecule has 0 aliphatic heterocycles. The van der Waals surface area contributed by atoms with Crippen LogP contribution in [0, 0.1) is 12.7 Å². The van der Waals surface area contributed by atoms with Crippen molar-refractivity contribution >= 4 is 22.6 Å². The van der Waals surface area contributed by atoms with Gasteiger partial charge in [-0.25, -0.2) is 4.39 Å². The van der Waals surface area contributed by atoms with E-state index in [4.69, 9.17) is 0 Å². The van der Waals surface area contributed by atoms with Gasteiger partial charge >= 0.3 is 0 Å². The molecular formula is C32H26FN3O2. The van der Waals surface area contributed by atoms with Crippen LogP contribution in [0.25, 0.3) is 22.2 Å².